The zero-order valence-electron chi connectivity index (χ0n) is 18.0. The Bertz CT molecular complexity index is 1600. The molecule has 0 unspecified atom stereocenters. The van der Waals surface area contributed by atoms with Crippen LogP contribution in [0.3, 0.4) is 0 Å². The minimum atomic E-state index is 1.15. The van der Waals surface area contributed by atoms with Crippen molar-refractivity contribution in [1.29, 1.82) is 0 Å². The maximum atomic E-state index is 3.88. The van der Waals surface area contributed by atoms with Gasteiger partial charge in [-0.2, -0.15) is 0 Å². The van der Waals surface area contributed by atoms with Crippen LogP contribution in [-0.2, 0) is 0 Å². The van der Waals surface area contributed by atoms with E-state index in [2.05, 4.69) is 143 Å². The van der Waals surface area contributed by atoms with Crippen molar-refractivity contribution in [2.24, 2.45) is 0 Å². The summed E-state index contributed by atoms with van der Waals surface area (Å²) in [6.07, 6.45) is 0. The molecule has 0 aliphatic heterocycles. The monoisotopic (exact) mass is 484 g/mol. The fourth-order valence-corrected chi connectivity index (χ4v) is 5.43. The molecule has 0 aromatic heterocycles. The maximum Gasteiger partial charge on any atom is 0.0332 e. The van der Waals surface area contributed by atoms with Crippen molar-refractivity contribution in [2.45, 2.75) is 0 Å². The molecule has 156 valence electrons. The summed E-state index contributed by atoms with van der Waals surface area (Å²) in [6, 6.07) is 45.6. The Morgan fingerprint density at radius 2 is 1.00 bits per heavy atom. The Kier molecular flexibility index (Phi) is 5.05. The Balaban J connectivity index is 1.62. The van der Waals surface area contributed by atoms with Crippen LogP contribution in [0.4, 0.5) is 0 Å². The van der Waals surface area contributed by atoms with Gasteiger partial charge >= 0.3 is 0 Å². The molecule has 0 saturated heterocycles. The maximum absolute atomic E-state index is 3.88. The fourth-order valence-electron chi connectivity index (χ4n) is 4.72. The smallest absolute Gasteiger partial charge is 0.0332 e. The van der Waals surface area contributed by atoms with E-state index in [-0.39, 0.29) is 0 Å². The minimum absolute atomic E-state index is 1.15. The second-order valence-corrected chi connectivity index (χ2v) is 9.10. The molecule has 0 bridgehead atoms. The van der Waals surface area contributed by atoms with Crippen LogP contribution in [0.5, 0.6) is 0 Å². The molecule has 6 rings (SSSR count). The molecule has 0 spiro atoms. The van der Waals surface area contributed by atoms with Gasteiger partial charge in [-0.05, 0) is 83.0 Å². The van der Waals surface area contributed by atoms with Gasteiger partial charge in [-0.15, -0.1) is 0 Å². The molecule has 6 aromatic carbocycles. The highest BCUT2D eigenvalue weighted by Gasteiger charge is 2.13. The average Bonchev–Trinajstić information content (AvgIpc) is 2.89. The third kappa shape index (κ3) is 3.55. The fraction of sp³-hybridized carbons (Fsp3) is 0. The van der Waals surface area contributed by atoms with Crippen LogP contribution >= 0.6 is 15.9 Å². The number of hydrogen-bond acceptors (Lipinski definition) is 0. The minimum Gasteiger partial charge on any atom is -0.0622 e. The van der Waals surface area contributed by atoms with Gasteiger partial charge in [-0.3, -0.25) is 0 Å². The highest BCUT2D eigenvalue weighted by molar-refractivity contribution is 9.10. The normalized spacial score (nSPS) is 11.2. The first-order chi connectivity index (χ1) is 16.3. The lowest BCUT2D eigenvalue weighted by Crippen LogP contribution is -1.89. The summed E-state index contributed by atoms with van der Waals surface area (Å²) >= 11 is 3.88. The van der Waals surface area contributed by atoms with Crippen LogP contribution in [-0.4, -0.2) is 0 Å². The molecule has 6 aromatic rings. The predicted molar refractivity (Wildman–Crippen MR) is 145 cm³/mol. The molecule has 33 heavy (non-hydrogen) atoms. The van der Waals surface area contributed by atoms with Crippen molar-refractivity contribution < 1.29 is 0 Å². The summed E-state index contributed by atoms with van der Waals surface area (Å²) in [5.41, 5.74) is 7.42. The quantitative estimate of drug-likeness (QED) is 0.219. The number of benzene rings is 6. The van der Waals surface area contributed by atoms with Crippen LogP contribution in [0.1, 0.15) is 0 Å². The summed E-state index contributed by atoms with van der Waals surface area (Å²) in [5, 5.41) is 4.98. The van der Waals surface area contributed by atoms with Gasteiger partial charge in [0.2, 0.25) is 0 Å². The Labute approximate surface area is 202 Å². The molecule has 0 heterocycles. The van der Waals surface area contributed by atoms with E-state index < -0.39 is 0 Å². The van der Waals surface area contributed by atoms with E-state index in [1.165, 1.54) is 54.9 Å². The number of rotatable bonds is 3. The average molecular weight is 485 g/mol. The van der Waals surface area contributed by atoms with E-state index in [9.17, 15) is 0 Å². The zero-order valence-corrected chi connectivity index (χ0v) is 19.6. The molecule has 0 amide bonds. The van der Waals surface area contributed by atoms with Gasteiger partial charge in [0, 0.05) is 4.47 Å². The second kappa shape index (κ2) is 8.35. The van der Waals surface area contributed by atoms with Crippen LogP contribution in [0.2, 0.25) is 0 Å². The first-order valence-corrected chi connectivity index (χ1v) is 11.9. The number of fused-ring (bicyclic) bond motifs is 2. The molecule has 0 fully saturated rings. The van der Waals surface area contributed by atoms with E-state index in [0.717, 1.165) is 4.47 Å². The van der Waals surface area contributed by atoms with Crippen LogP contribution in [0, 0.1) is 0 Å². The molecule has 0 saturated carbocycles. The molecule has 0 aliphatic carbocycles. The lowest BCUT2D eigenvalue weighted by atomic mass is 9.89. The molecule has 0 nitrogen and oxygen atoms in total. The predicted octanol–water partition coefficient (Wildman–Crippen LogP) is 9.76. The lowest BCUT2D eigenvalue weighted by Gasteiger charge is -2.15. The van der Waals surface area contributed by atoms with Gasteiger partial charge in [0.15, 0.2) is 0 Å². The van der Waals surface area contributed by atoms with Gasteiger partial charge in [-0.25, -0.2) is 0 Å². The summed E-state index contributed by atoms with van der Waals surface area (Å²) in [5.74, 6) is 0. The van der Waals surface area contributed by atoms with Gasteiger partial charge in [0.05, 0.1) is 0 Å². The van der Waals surface area contributed by atoms with Crippen LogP contribution in [0.25, 0.3) is 54.9 Å². The standard InChI is InChI=1S/C32H21Br/c33-32-28-15-8-7-14-24(28)21-31-26(16-9-17-29(31)32)25-18-19-27(22-10-3-1-4-11-22)30(20-25)23-12-5-2-6-13-23/h1-21H. The second-order valence-electron chi connectivity index (χ2n) is 8.30. The van der Waals surface area contributed by atoms with Crippen molar-refractivity contribution in [1.82, 2.24) is 0 Å². The zero-order chi connectivity index (χ0) is 22.2. The van der Waals surface area contributed by atoms with Gasteiger partial charge < -0.3 is 0 Å². The van der Waals surface area contributed by atoms with Gasteiger partial charge in [0.1, 0.15) is 0 Å². The van der Waals surface area contributed by atoms with Gasteiger partial charge in [0.25, 0.3) is 0 Å². The van der Waals surface area contributed by atoms with E-state index in [1.807, 2.05) is 0 Å². The first kappa shape index (κ1) is 20.0. The SMILES string of the molecule is Brc1c2ccccc2cc2c(-c3ccc(-c4ccccc4)c(-c4ccccc4)c3)cccc12. The van der Waals surface area contributed by atoms with E-state index >= 15 is 0 Å². The Morgan fingerprint density at radius 1 is 0.364 bits per heavy atom. The van der Waals surface area contributed by atoms with Crippen molar-refractivity contribution in [3.05, 3.63) is 132 Å². The molecular formula is C32H21Br. The van der Waals surface area contributed by atoms with E-state index in [1.54, 1.807) is 0 Å². The summed E-state index contributed by atoms with van der Waals surface area (Å²) in [4.78, 5) is 0. The molecule has 0 aliphatic rings. The molecule has 1 heteroatoms. The molecule has 0 atom stereocenters. The number of halogens is 1. The van der Waals surface area contributed by atoms with Gasteiger partial charge in [-0.1, -0.05) is 115 Å². The first-order valence-electron chi connectivity index (χ1n) is 11.1. The summed E-state index contributed by atoms with van der Waals surface area (Å²) < 4.78 is 1.15. The van der Waals surface area contributed by atoms with Crippen LogP contribution < -0.4 is 0 Å². The topological polar surface area (TPSA) is 0 Å². The Hall–Kier alpha value is -3.68. The highest BCUT2D eigenvalue weighted by Crippen LogP contribution is 2.40. The van der Waals surface area contributed by atoms with Crippen molar-refractivity contribution in [3.8, 4) is 33.4 Å². The largest absolute Gasteiger partial charge is 0.0622 e. The highest BCUT2D eigenvalue weighted by atomic mass is 79.9. The van der Waals surface area contributed by atoms with E-state index in [4.69, 9.17) is 0 Å². The van der Waals surface area contributed by atoms with Crippen molar-refractivity contribution in [3.63, 3.8) is 0 Å². The van der Waals surface area contributed by atoms with Crippen LogP contribution in [0.15, 0.2) is 132 Å². The third-order valence-corrected chi connectivity index (χ3v) is 7.19. The summed E-state index contributed by atoms with van der Waals surface area (Å²) in [6.45, 7) is 0. The molecular weight excluding hydrogens is 464 g/mol. The number of hydrogen-bond donors (Lipinski definition) is 0. The molecule has 0 radical (unpaired) electrons. The van der Waals surface area contributed by atoms with Crippen molar-refractivity contribution >= 4 is 37.5 Å². The van der Waals surface area contributed by atoms with E-state index in [0.29, 0.717) is 0 Å². The van der Waals surface area contributed by atoms with Crippen molar-refractivity contribution in [2.75, 3.05) is 0 Å². The Morgan fingerprint density at radius 3 is 1.76 bits per heavy atom. The summed E-state index contributed by atoms with van der Waals surface area (Å²) in [7, 11) is 0. The third-order valence-electron chi connectivity index (χ3n) is 6.34. The lowest BCUT2D eigenvalue weighted by molar-refractivity contribution is 1.57. The molecule has 0 N–H and O–H groups in total.